The van der Waals surface area contributed by atoms with Crippen LogP contribution >= 0.6 is 11.6 Å². The molecule has 0 spiro atoms. The van der Waals surface area contributed by atoms with Gasteiger partial charge in [-0.1, -0.05) is 17.7 Å². The number of carbonyl (C=O) groups excluding carboxylic acids is 1. The first-order chi connectivity index (χ1) is 15.3. The van der Waals surface area contributed by atoms with E-state index in [1.807, 2.05) is 44.2 Å². The zero-order valence-corrected chi connectivity index (χ0v) is 18.2. The van der Waals surface area contributed by atoms with Crippen molar-refractivity contribution in [1.29, 1.82) is 5.26 Å². The van der Waals surface area contributed by atoms with Crippen LogP contribution in [0.1, 0.15) is 38.6 Å². The molecule has 10 heteroatoms. The second-order valence-corrected chi connectivity index (χ2v) is 7.77. The number of aryl methyl sites for hydroxylation is 2. The van der Waals surface area contributed by atoms with Crippen LogP contribution in [0.25, 0.3) is 10.9 Å². The van der Waals surface area contributed by atoms with Gasteiger partial charge in [0.2, 0.25) is 0 Å². The van der Waals surface area contributed by atoms with Gasteiger partial charge in [0.25, 0.3) is 5.91 Å². The lowest BCUT2D eigenvalue weighted by Gasteiger charge is -2.10. The van der Waals surface area contributed by atoms with E-state index in [1.54, 1.807) is 12.3 Å². The average Bonchev–Trinajstić information content (AvgIpc) is 3.15. The maximum absolute atomic E-state index is 12.7. The van der Waals surface area contributed by atoms with Crippen LogP contribution in [0.5, 0.6) is 0 Å². The molecule has 160 valence electrons. The smallest absolute Gasteiger partial charge is 0.275 e. The standard InChI is InChI=1S/C22H19ClN8O/c1-12-5-20(25)28-13(2)17(12)10-27-22(32)21-19(8-24)29-31(30-21)11-14-3-4-18-15(6-14)7-16(23)9-26-18/h3-7,9H,10-11H2,1-2H3,(H2,25,28)(H,27,32). The number of halogens is 1. The lowest BCUT2D eigenvalue weighted by Crippen LogP contribution is -2.25. The van der Waals surface area contributed by atoms with E-state index in [9.17, 15) is 10.1 Å². The number of nitrogen functional groups attached to an aromatic ring is 1. The van der Waals surface area contributed by atoms with Crippen LogP contribution in [0.15, 0.2) is 36.5 Å². The van der Waals surface area contributed by atoms with Crippen molar-refractivity contribution in [2.24, 2.45) is 0 Å². The Labute approximate surface area is 188 Å². The highest BCUT2D eigenvalue weighted by atomic mass is 35.5. The van der Waals surface area contributed by atoms with Crippen molar-refractivity contribution in [3.05, 3.63) is 75.3 Å². The van der Waals surface area contributed by atoms with Crippen LogP contribution in [-0.4, -0.2) is 30.9 Å². The van der Waals surface area contributed by atoms with Crippen LogP contribution in [0.4, 0.5) is 5.82 Å². The molecular formula is C22H19ClN8O. The third-order valence-corrected chi connectivity index (χ3v) is 5.22. The summed E-state index contributed by atoms with van der Waals surface area (Å²) in [4.78, 5) is 22.5. The zero-order valence-electron chi connectivity index (χ0n) is 17.4. The van der Waals surface area contributed by atoms with Gasteiger partial charge in [-0.3, -0.25) is 9.78 Å². The summed E-state index contributed by atoms with van der Waals surface area (Å²) in [6, 6.07) is 11.2. The van der Waals surface area contributed by atoms with Crippen molar-refractivity contribution in [2.75, 3.05) is 5.73 Å². The molecule has 9 nitrogen and oxygen atoms in total. The monoisotopic (exact) mass is 446 g/mol. The van der Waals surface area contributed by atoms with Gasteiger partial charge in [0.1, 0.15) is 11.9 Å². The number of hydrogen-bond acceptors (Lipinski definition) is 7. The molecule has 0 saturated carbocycles. The van der Waals surface area contributed by atoms with E-state index in [-0.39, 0.29) is 24.5 Å². The van der Waals surface area contributed by atoms with Gasteiger partial charge < -0.3 is 11.1 Å². The Morgan fingerprint density at radius 1 is 1.25 bits per heavy atom. The second kappa shape index (κ2) is 8.61. The van der Waals surface area contributed by atoms with E-state index < -0.39 is 5.91 Å². The summed E-state index contributed by atoms with van der Waals surface area (Å²) in [6.07, 6.45) is 1.59. The predicted molar refractivity (Wildman–Crippen MR) is 120 cm³/mol. The topological polar surface area (TPSA) is 135 Å². The summed E-state index contributed by atoms with van der Waals surface area (Å²) in [5, 5.41) is 22.0. The van der Waals surface area contributed by atoms with E-state index in [2.05, 4.69) is 25.5 Å². The maximum Gasteiger partial charge on any atom is 0.275 e. The minimum absolute atomic E-state index is 0.0308. The molecule has 0 fully saturated rings. The largest absolute Gasteiger partial charge is 0.384 e. The molecule has 0 aliphatic heterocycles. The quantitative estimate of drug-likeness (QED) is 0.481. The van der Waals surface area contributed by atoms with Gasteiger partial charge in [0.15, 0.2) is 11.4 Å². The van der Waals surface area contributed by atoms with Gasteiger partial charge in [0.05, 0.1) is 17.1 Å². The molecule has 0 unspecified atom stereocenters. The van der Waals surface area contributed by atoms with E-state index in [4.69, 9.17) is 17.3 Å². The molecule has 1 aromatic carbocycles. The number of nitriles is 1. The fourth-order valence-corrected chi connectivity index (χ4v) is 3.64. The number of anilines is 1. The minimum atomic E-state index is -0.488. The molecule has 0 radical (unpaired) electrons. The van der Waals surface area contributed by atoms with Crippen molar-refractivity contribution < 1.29 is 4.79 Å². The highest BCUT2D eigenvalue weighted by Gasteiger charge is 2.19. The van der Waals surface area contributed by atoms with Crippen molar-refractivity contribution in [2.45, 2.75) is 26.9 Å². The van der Waals surface area contributed by atoms with Crippen LogP contribution in [-0.2, 0) is 13.1 Å². The molecule has 0 atom stereocenters. The van der Waals surface area contributed by atoms with E-state index >= 15 is 0 Å². The number of nitrogens with one attached hydrogen (secondary N) is 1. The van der Waals surface area contributed by atoms with Gasteiger partial charge in [-0.2, -0.15) is 10.1 Å². The number of nitrogens with zero attached hydrogens (tertiary/aromatic N) is 6. The van der Waals surface area contributed by atoms with Gasteiger partial charge in [0, 0.05) is 23.8 Å². The van der Waals surface area contributed by atoms with Crippen molar-refractivity contribution >= 4 is 34.2 Å². The Kier molecular flexibility index (Phi) is 5.71. The molecule has 3 N–H and O–H groups in total. The zero-order chi connectivity index (χ0) is 22.8. The van der Waals surface area contributed by atoms with Gasteiger partial charge >= 0.3 is 0 Å². The fraction of sp³-hybridized carbons (Fsp3) is 0.182. The molecule has 0 saturated heterocycles. The Morgan fingerprint density at radius 3 is 2.81 bits per heavy atom. The normalized spacial score (nSPS) is 10.8. The number of rotatable bonds is 5. The second-order valence-electron chi connectivity index (χ2n) is 7.33. The lowest BCUT2D eigenvalue weighted by atomic mass is 10.1. The first kappa shape index (κ1) is 21.2. The summed E-state index contributed by atoms with van der Waals surface area (Å²) < 4.78 is 0. The highest BCUT2D eigenvalue weighted by molar-refractivity contribution is 6.31. The Balaban J connectivity index is 1.53. The first-order valence-corrected chi connectivity index (χ1v) is 10.1. The molecule has 32 heavy (non-hydrogen) atoms. The number of carbonyl (C=O) groups is 1. The van der Waals surface area contributed by atoms with Crippen LogP contribution in [0.2, 0.25) is 5.02 Å². The third-order valence-electron chi connectivity index (χ3n) is 5.01. The van der Waals surface area contributed by atoms with Crippen LogP contribution in [0.3, 0.4) is 0 Å². The van der Waals surface area contributed by atoms with Crippen LogP contribution < -0.4 is 11.1 Å². The van der Waals surface area contributed by atoms with Crippen molar-refractivity contribution in [1.82, 2.24) is 30.3 Å². The summed E-state index contributed by atoms with van der Waals surface area (Å²) >= 11 is 6.03. The van der Waals surface area contributed by atoms with Crippen molar-refractivity contribution in [3.63, 3.8) is 0 Å². The molecule has 0 aliphatic carbocycles. The summed E-state index contributed by atoms with van der Waals surface area (Å²) in [5.74, 6) is -0.0607. The Hall–Kier alpha value is -4.03. The van der Waals surface area contributed by atoms with Gasteiger partial charge in [-0.05, 0) is 54.8 Å². The number of nitrogens with two attached hydrogens (primary N) is 1. The maximum atomic E-state index is 12.7. The molecule has 0 aliphatic rings. The number of fused-ring (bicyclic) bond motifs is 1. The van der Waals surface area contributed by atoms with E-state index in [1.165, 1.54) is 4.80 Å². The van der Waals surface area contributed by atoms with Gasteiger partial charge in [-0.15, -0.1) is 10.2 Å². The number of benzene rings is 1. The van der Waals surface area contributed by atoms with E-state index in [0.717, 1.165) is 33.3 Å². The average molecular weight is 447 g/mol. The molecular weight excluding hydrogens is 428 g/mol. The Bertz CT molecular complexity index is 1370. The molecule has 4 aromatic rings. The molecule has 3 aromatic heterocycles. The fourth-order valence-electron chi connectivity index (χ4n) is 3.47. The molecule has 0 bridgehead atoms. The summed E-state index contributed by atoms with van der Waals surface area (Å²) in [5.41, 5.74) is 9.89. The number of pyridine rings is 2. The van der Waals surface area contributed by atoms with E-state index in [0.29, 0.717) is 10.8 Å². The highest BCUT2D eigenvalue weighted by Crippen LogP contribution is 2.19. The number of hydrogen-bond donors (Lipinski definition) is 2. The predicted octanol–water partition coefficient (Wildman–Crippen LogP) is 2.92. The molecule has 3 heterocycles. The van der Waals surface area contributed by atoms with Crippen molar-refractivity contribution in [3.8, 4) is 6.07 Å². The third kappa shape index (κ3) is 4.36. The Morgan fingerprint density at radius 2 is 2.06 bits per heavy atom. The number of amides is 1. The molecule has 4 rings (SSSR count). The molecule has 1 amide bonds. The number of aromatic nitrogens is 5. The minimum Gasteiger partial charge on any atom is -0.384 e. The van der Waals surface area contributed by atoms with Crippen LogP contribution in [0, 0.1) is 25.2 Å². The SMILES string of the molecule is Cc1cc(N)nc(C)c1CNC(=O)c1nn(Cc2ccc3ncc(Cl)cc3c2)nc1C#N. The first-order valence-electron chi connectivity index (χ1n) is 9.74. The lowest BCUT2D eigenvalue weighted by molar-refractivity contribution is 0.0944. The summed E-state index contributed by atoms with van der Waals surface area (Å²) in [7, 11) is 0. The van der Waals surface area contributed by atoms with Gasteiger partial charge in [-0.25, -0.2) is 4.98 Å². The summed E-state index contributed by atoms with van der Waals surface area (Å²) in [6.45, 7) is 4.24.